The van der Waals surface area contributed by atoms with E-state index in [1.807, 2.05) is 0 Å². The third-order valence-corrected chi connectivity index (χ3v) is 7.24. The minimum atomic E-state index is -1.99. The summed E-state index contributed by atoms with van der Waals surface area (Å²) in [6.07, 6.45) is -9.25. The molecule has 4 rings (SSSR count). The Morgan fingerprint density at radius 1 is 0.915 bits per heavy atom. The summed E-state index contributed by atoms with van der Waals surface area (Å²) in [5.74, 6) is -4.64. The lowest BCUT2D eigenvalue weighted by atomic mass is 9.98. The Bertz CT molecular complexity index is 1690. The van der Waals surface area contributed by atoms with E-state index in [0.717, 1.165) is 27.2 Å². The van der Waals surface area contributed by atoms with Gasteiger partial charge in [-0.25, -0.2) is 0 Å². The molecule has 4 unspecified atom stereocenters. The molecule has 2 aromatic carbocycles. The smallest absolute Gasteiger partial charge is 0.314 e. The van der Waals surface area contributed by atoms with Gasteiger partial charge in [-0.15, -0.1) is 0 Å². The van der Waals surface area contributed by atoms with Gasteiger partial charge in [0.1, 0.15) is 35.6 Å². The number of fused-ring (bicyclic) bond motifs is 1. The van der Waals surface area contributed by atoms with Crippen LogP contribution in [0.1, 0.15) is 19.8 Å². The van der Waals surface area contributed by atoms with Crippen molar-refractivity contribution in [3.8, 4) is 45.8 Å². The second-order valence-electron chi connectivity index (χ2n) is 10.8. The van der Waals surface area contributed by atoms with Crippen molar-refractivity contribution in [1.29, 1.82) is 0 Å². The molecule has 0 radical (unpaired) electrons. The second kappa shape index (κ2) is 14.0. The fourth-order valence-electron chi connectivity index (χ4n) is 4.97. The Labute approximate surface area is 265 Å². The quantitative estimate of drug-likeness (QED) is 0.0982. The Balaban J connectivity index is 1.75. The van der Waals surface area contributed by atoms with Crippen molar-refractivity contribution in [3.63, 3.8) is 0 Å². The number of rotatable bonds is 12. The van der Waals surface area contributed by atoms with E-state index in [2.05, 4.69) is 0 Å². The van der Waals surface area contributed by atoms with Crippen LogP contribution in [0.25, 0.3) is 22.3 Å². The molecule has 47 heavy (non-hydrogen) atoms. The first kappa shape index (κ1) is 35.2. The van der Waals surface area contributed by atoms with Gasteiger partial charge in [0.15, 0.2) is 28.3 Å². The molecule has 0 aliphatic carbocycles. The van der Waals surface area contributed by atoms with Crippen LogP contribution in [0.4, 0.5) is 0 Å². The largest absolute Gasteiger partial charge is 0.504 e. The minimum Gasteiger partial charge on any atom is -0.504 e. The van der Waals surface area contributed by atoms with Gasteiger partial charge >= 0.3 is 11.9 Å². The van der Waals surface area contributed by atoms with E-state index in [4.69, 9.17) is 37.9 Å². The Kier molecular flexibility index (Phi) is 10.5. The number of carboxylic acids is 1. The third-order valence-electron chi connectivity index (χ3n) is 7.24. The van der Waals surface area contributed by atoms with Crippen LogP contribution in [-0.4, -0.2) is 112 Å². The number of hydrogen-bond acceptors (Lipinski definition) is 16. The Hall–Kier alpha value is -4.65. The molecule has 17 heteroatoms. The van der Waals surface area contributed by atoms with Crippen LogP contribution in [0.5, 0.6) is 34.5 Å². The average molecular weight is 667 g/mol. The van der Waals surface area contributed by atoms with Crippen LogP contribution in [-0.2, 0) is 14.3 Å². The van der Waals surface area contributed by atoms with Crippen LogP contribution < -0.4 is 29.1 Å². The summed E-state index contributed by atoms with van der Waals surface area (Å²) in [4.78, 5) is 37.1. The number of phenols is 1. The Morgan fingerprint density at radius 3 is 2.19 bits per heavy atom. The van der Waals surface area contributed by atoms with Crippen molar-refractivity contribution in [2.45, 2.75) is 56.1 Å². The zero-order chi connectivity index (χ0) is 34.8. The molecule has 0 amide bonds. The fraction of sp³-hybridized carbons (Fsp3) is 0.433. The van der Waals surface area contributed by atoms with E-state index >= 15 is 0 Å². The fourth-order valence-corrected chi connectivity index (χ4v) is 4.97. The number of esters is 1. The molecule has 1 aromatic heterocycles. The summed E-state index contributed by atoms with van der Waals surface area (Å²) < 4.78 is 38.3. The molecule has 1 saturated heterocycles. The lowest BCUT2D eigenvalue weighted by Gasteiger charge is -2.39. The van der Waals surface area contributed by atoms with Crippen LogP contribution in [0.2, 0.25) is 0 Å². The van der Waals surface area contributed by atoms with Crippen molar-refractivity contribution < 1.29 is 78.2 Å². The van der Waals surface area contributed by atoms with Gasteiger partial charge in [-0.2, -0.15) is 0 Å². The highest BCUT2D eigenvalue weighted by Crippen LogP contribution is 2.50. The second-order valence-corrected chi connectivity index (χ2v) is 10.8. The number of phenolic OH excluding ortho intramolecular Hbond substituents is 1. The first-order valence-electron chi connectivity index (χ1n) is 13.9. The van der Waals surface area contributed by atoms with Gasteiger partial charge in [-0.05, 0) is 25.1 Å². The normalized spacial score (nSPS) is 22.3. The lowest BCUT2D eigenvalue weighted by molar-refractivity contribution is -0.277. The minimum absolute atomic E-state index is 0.00310. The number of benzene rings is 2. The maximum absolute atomic E-state index is 13.3. The van der Waals surface area contributed by atoms with E-state index in [1.165, 1.54) is 25.3 Å². The maximum Gasteiger partial charge on any atom is 0.314 e. The average Bonchev–Trinajstić information content (AvgIpc) is 3.00. The summed E-state index contributed by atoms with van der Waals surface area (Å²) in [6.45, 7) is 0.452. The van der Waals surface area contributed by atoms with Crippen LogP contribution in [0.3, 0.4) is 0 Å². The van der Waals surface area contributed by atoms with Crippen molar-refractivity contribution >= 4 is 22.9 Å². The van der Waals surface area contributed by atoms with Crippen molar-refractivity contribution in [2.75, 3.05) is 27.9 Å². The molecule has 1 aliphatic heterocycles. The predicted molar refractivity (Wildman–Crippen MR) is 157 cm³/mol. The van der Waals surface area contributed by atoms with Crippen LogP contribution >= 0.6 is 0 Å². The highest BCUT2D eigenvalue weighted by molar-refractivity contribution is 5.96. The molecule has 2 heterocycles. The predicted octanol–water partition coefficient (Wildman–Crippen LogP) is -0.109. The number of ether oxygens (including phenoxy) is 6. The third kappa shape index (κ3) is 7.19. The number of aromatic hydroxyl groups is 1. The highest BCUT2D eigenvalue weighted by Gasteiger charge is 2.45. The number of carbonyl (C=O) groups excluding carboxylic acids is 1. The number of carbonyl (C=O) groups is 2. The zero-order valence-corrected chi connectivity index (χ0v) is 25.5. The van der Waals surface area contributed by atoms with Gasteiger partial charge in [-0.3, -0.25) is 14.4 Å². The van der Waals surface area contributed by atoms with Crippen molar-refractivity contribution in [1.82, 2.24) is 0 Å². The molecule has 17 nitrogen and oxygen atoms in total. The topological polar surface area (TPSA) is 261 Å². The molecule has 3 aromatic rings. The van der Waals surface area contributed by atoms with Gasteiger partial charge < -0.3 is 68.6 Å². The van der Waals surface area contributed by atoms with E-state index < -0.39 is 95.8 Å². The molecule has 6 atom stereocenters. The van der Waals surface area contributed by atoms with Crippen LogP contribution in [0, 0.1) is 0 Å². The number of aliphatic hydroxyl groups is 5. The van der Waals surface area contributed by atoms with Gasteiger partial charge in [0, 0.05) is 11.6 Å². The molecule has 0 bridgehead atoms. The monoisotopic (exact) mass is 666 g/mol. The number of carboxylic acid groups (broad SMARTS) is 1. The number of hydrogen-bond donors (Lipinski definition) is 7. The lowest BCUT2D eigenvalue weighted by Crippen LogP contribution is -2.60. The van der Waals surface area contributed by atoms with Gasteiger partial charge in [0.2, 0.25) is 23.5 Å². The molecule has 256 valence electrons. The standard InChI is InChI=1S/C30H34O17/c1-30(40,9-18(33)34)10-19(35)47-28-26(42-3)22(37)20-13(32)8-15(44-25(20)27(28)43-4)12-5-6-14(16(7-12)41-2)45-29-24(39)23(38)21(36)17(11-31)46-29/h5-8,17,21,23-24,29,31,36-40H,9-11H2,1-4H3,(H,33,34)/t17?,21-,23?,24?,29-,30?/m1/s1. The van der Waals surface area contributed by atoms with E-state index in [-0.39, 0.29) is 34.2 Å². The molecule has 0 spiro atoms. The van der Waals surface area contributed by atoms with Crippen molar-refractivity contribution in [3.05, 3.63) is 34.5 Å². The summed E-state index contributed by atoms with van der Waals surface area (Å²) in [5.41, 5.74) is -2.89. The van der Waals surface area contributed by atoms with Gasteiger partial charge in [0.25, 0.3) is 0 Å². The van der Waals surface area contributed by atoms with Gasteiger partial charge in [-0.1, -0.05) is 0 Å². The molecule has 1 aliphatic rings. The SMILES string of the molecule is COc1cc(-c2cc(=O)c3c(O)c(OC)c(OC(=O)CC(C)(O)CC(=O)O)c(OC)c3o2)ccc1O[C@@H]1OC(CO)[C@@H](O)C(O)C1O. The number of methoxy groups -OCH3 is 3. The molecular formula is C30H34O17. The van der Waals surface area contributed by atoms with Gasteiger partial charge in [0.05, 0.1) is 46.4 Å². The summed E-state index contributed by atoms with van der Waals surface area (Å²) in [7, 11) is 3.57. The molecule has 1 fully saturated rings. The van der Waals surface area contributed by atoms with E-state index in [9.17, 15) is 45.0 Å². The zero-order valence-electron chi connectivity index (χ0n) is 25.5. The van der Waals surface area contributed by atoms with Crippen molar-refractivity contribution in [2.24, 2.45) is 0 Å². The summed E-state index contributed by atoms with van der Waals surface area (Å²) in [5, 5.41) is 69.8. The van der Waals surface area contributed by atoms with E-state index in [0.29, 0.717) is 0 Å². The van der Waals surface area contributed by atoms with Crippen LogP contribution in [0.15, 0.2) is 33.5 Å². The highest BCUT2D eigenvalue weighted by atomic mass is 16.7. The molecule has 7 N–H and O–H groups in total. The first-order chi connectivity index (χ1) is 22.2. The number of aliphatic hydroxyl groups excluding tert-OH is 4. The summed E-state index contributed by atoms with van der Waals surface area (Å²) >= 11 is 0. The summed E-state index contributed by atoms with van der Waals surface area (Å²) in [6, 6.07) is 5.21. The van der Waals surface area contributed by atoms with E-state index in [1.54, 1.807) is 0 Å². The maximum atomic E-state index is 13.3. The Morgan fingerprint density at radius 2 is 1.60 bits per heavy atom. The molecular weight excluding hydrogens is 632 g/mol. The molecule has 0 saturated carbocycles. The first-order valence-corrected chi connectivity index (χ1v) is 13.9. The number of aliphatic carboxylic acids is 1.